The molecule has 0 unspecified atom stereocenters. The van der Waals surface area contributed by atoms with Gasteiger partial charge in [0.25, 0.3) is 0 Å². The Kier molecular flexibility index (Phi) is 14.9. The minimum Gasteiger partial charge on any atom is -0.543 e. The van der Waals surface area contributed by atoms with Crippen LogP contribution in [0.5, 0.6) is 5.75 Å². The Balaban J connectivity index is 2.33. The Morgan fingerprint density at radius 2 is 1.79 bits per heavy atom. The fourth-order valence-electron chi connectivity index (χ4n) is 4.70. The van der Waals surface area contributed by atoms with Gasteiger partial charge in [-0.15, -0.1) is 0 Å². The first-order valence-corrected chi connectivity index (χ1v) is 19.7. The molecule has 1 aliphatic heterocycles. The Labute approximate surface area is 288 Å². The zero-order valence-corrected chi connectivity index (χ0v) is 31.6. The van der Waals surface area contributed by atoms with Crippen LogP contribution in [0.4, 0.5) is 4.79 Å². The molecule has 1 aromatic rings. The summed E-state index contributed by atoms with van der Waals surface area (Å²) in [5.74, 6) is -0.893. The predicted octanol–water partition coefficient (Wildman–Crippen LogP) is 5.12. The monoisotopic (exact) mass is 686 g/mol. The second-order valence-corrected chi connectivity index (χ2v) is 19.8. The molecule has 3 N–H and O–H groups in total. The van der Waals surface area contributed by atoms with Gasteiger partial charge in [-0.1, -0.05) is 71.6 Å². The summed E-state index contributed by atoms with van der Waals surface area (Å²) in [4.78, 5) is 54.9. The molecule has 11 nitrogen and oxygen atoms in total. The van der Waals surface area contributed by atoms with E-state index in [4.69, 9.17) is 13.9 Å². The first-order valence-electron chi connectivity index (χ1n) is 16.8. The maximum Gasteiger partial charge on any atom is 0.408 e. The molecule has 0 aliphatic carbocycles. The molecule has 1 heterocycles. The molecule has 268 valence electrons. The van der Waals surface area contributed by atoms with Crippen LogP contribution >= 0.6 is 0 Å². The van der Waals surface area contributed by atoms with E-state index >= 15 is 0 Å². The van der Waals surface area contributed by atoms with Crippen LogP contribution in [0.2, 0.25) is 18.1 Å². The fraction of sp³-hybridized carbons (Fsp3) is 0.611. The fourth-order valence-corrected chi connectivity index (χ4v) is 5.72. The second kappa shape index (κ2) is 17.7. The van der Waals surface area contributed by atoms with Crippen LogP contribution in [-0.2, 0) is 30.3 Å². The van der Waals surface area contributed by atoms with E-state index in [9.17, 15) is 19.2 Å². The molecule has 0 spiro atoms. The van der Waals surface area contributed by atoms with Crippen molar-refractivity contribution in [3.63, 3.8) is 0 Å². The van der Waals surface area contributed by atoms with Crippen molar-refractivity contribution >= 4 is 32.2 Å². The Morgan fingerprint density at radius 1 is 1.10 bits per heavy atom. The van der Waals surface area contributed by atoms with E-state index in [0.717, 1.165) is 5.56 Å². The summed E-state index contributed by atoms with van der Waals surface area (Å²) < 4.78 is 17.3. The largest absolute Gasteiger partial charge is 0.543 e. The van der Waals surface area contributed by atoms with Crippen LogP contribution in [0, 0.1) is 5.92 Å². The standard InChI is InChI=1S/C36H58N4O7Si/c1-12-13-14-15-21-45-33(43)29-24-40(20-19-37-29)32(42)28(38-31(41)30(25(2)3)39-34(44)46-35(4,5)6)23-26-17-16-18-27(22-26)47-48(10,11)36(7,8)9/h12-14,16-18,22,25,28-30,37H,1,15,19-21,23-24H2,2-11H3,(H,38,41)(H,39,44)/b14-13+/t28-,29-,30-/m0/s1. The Morgan fingerprint density at radius 3 is 2.40 bits per heavy atom. The third-order valence-electron chi connectivity index (χ3n) is 8.33. The minimum atomic E-state index is -2.13. The second-order valence-electron chi connectivity index (χ2n) is 15.1. The summed E-state index contributed by atoms with van der Waals surface area (Å²) in [5.41, 5.74) is 0.0464. The zero-order chi connectivity index (χ0) is 36.3. The molecule has 3 atom stereocenters. The van der Waals surface area contributed by atoms with Gasteiger partial charge in [-0.05, 0) is 68.9 Å². The van der Waals surface area contributed by atoms with Crippen LogP contribution in [0.3, 0.4) is 0 Å². The van der Waals surface area contributed by atoms with Gasteiger partial charge >= 0.3 is 12.1 Å². The molecule has 1 fully saturated rings. The summed E-state index contributed by atoms with van der Waals surface area (Å²) in [6.45, 7) is 24.3. The molecule has 0 saturated carbocycles. The van der Waals surface area contributed by atoms with Gasteiger partial charge in [0.2, 0.25) is 20.1 Å². The lowest BCUT2D eigenvalue weighted by Gasteiger charge is -2.36. The molecule has 12 heteroatoms. The van der Waals surface area contributed by atoms with Gasteiger partial charge in [0.05, 0.1) is 6.61 Å². The molecule has 1 aromatic carbocycles. The number of rotatable bonds is 14. The number of alkyl carbamates (subject to hydrolysis) is 1. The summed E-state index contributed by atoms with van der Waals surface area (Å²) in [6, 6.07) is 4.93. The number of nitrogens with one attached hydrogen (secondary N) is 3. The first kappa shape index (κ1) is 40.5. The number of nitrogens with zero attached hydrogens (tertiary/aromatic N) is 1. The lowest BCUT2D eigenvalue weighted by atomic mass is 10.0. The minimum absolute atomic E-state index is 0.00917. The Hall–Kier alpha value is -3.64. The third kappa shape index (κ3) is 13.1. The van der Waals surface area contributed by atoms with Crippen molar-refractivity contribution in [3.05, 3.63) is 54.6 Å². The summed E-state index contributed by atoms with van der Waals surface area (Å²) in [7, 11) is -2.13. The molecule has 48 heavy (non-hydrogen) atoms. The smallest absolute Gasteiger partial charge is 0.408 e. The summed E-state index contributed by atoms with van der Waals surface area (Å²) in [6.07, 6.45) is 5.28. The average molecular weight is 687 g/mol. The van der Waals surface area contributed by atoms with E-state index in [2.05, 4.69) is 56.4 Å². The van der Waals surface area contributed by atoms with E-state index in [-0.39, 0.29) is 36.4 Å². The van der Waals surface area contributed by atoms with Gasteiger partial charge in [0.1, 0.15) is 29.5 Å². The molecular formula is C36H58N4O7Si. The highest BCUT2D eigenvalue weighted by Crippen LogP contribution is 2.37. The van der Waals surface area contributed by atoms with Crippen molar-refractivity contribution in [2.45, 2.75) is 110 Å². The van der Waals surface area contributed by atoms with Crippen molar-refractivity contribution in [2.75, 3.05) is 26.2 Å². The highest BCUT2D eigenvalue weighted by molar-refractivity contribution is 6.74. The Bertz CT molecular complexity index is 1300. The molecule has 0 bridgehead atoms. The number of ether oxygens (including phenoxy) is 2. The van der Waals surface area contributed by atoms with Gasteiger partial charge in [-0.3, -0.25) is 14.4 Å². The summed E-state index contributed by atoms with van der Waals surface area (Å²) in [5, 5.41) is 8.71. The van der Waals surface area contributed by atoms with Crippen LogP contribution in [0.25, 0.3) is 0 Å². The molecule has 1 aliphatic rings. The number of hydrogen-bond acceptors (Lipinski definition) is 8. The third-order valence-corrected chi connectivity index (χ3v) is 12.7. The van der Waals surface area contributed by atoms with Crippen molar-refractivity contribution in [1.29, 1.82) is 0 Å². The number of piperazine rings is 1. The van der Waals surface area contributed by atoms with Crippen LogP contribution < -0.4 is 20.4 Å². The van der Waals surface area contributed by atoms with E-state index < -0.39 is 50.0 Å². The van der Waals surface area contributed by atoms with E-state index in [1.807, 2.05) is 30.3 Å². The maximum atomic E-state index is 14.2. The van der Waals surface area contributed by atoms with E-state index in [1.54, 1.807) is 51.7 Å². The van der Waals surface area contributed by atoms with Crippen LogP contribution in [-0.4, -0.2) is 87.1 Å². The number of carbonyl (C=O) groups is 4. The van der Waals surface area contributed by atoms with Crippen molar-refractivity contribution in [1.82, 2.24) is 20.9 Å². The highest BCUT2D eigenvalue weighted by Gasteiger charge is 2.39. The lowest BCUT2D eigenvalue weighted by molar-refractivity contribution is -0.149. The van der Waals surface area contributed by atoms with Gasteiger partial charge in [0.15, 0.2) is 0 Å². The molecular weight excluding hydrogens is 629 g/mol. The first-order chi connectivity index (χ1) is 22.2. The van der Waals surface area contributed by atoms with Gasteiger partial charge in [-0.25, -0.2) is 4.79 Å². The molecule has 0 aromatic heterocycles. The highest BCUT2D eigenvalue weighted by atomic mass is 28.4. The normalized spacial score (nSPS) is 17.0. The average Bonchev–Trinajstić information content (AvgIpc) is 2.97. The predicted molar refractivity (Wildman–Crippen MR) is 191 cm³/mol. The van der Waals surface area contributed by atoms with Crippen molar-refractivity contribution in [3.8, 4) is 5.75 Å². The van der Waals surface area contributed by atoms with Crippen molar-refractivity contribution in [2.24, 2.45) is 5.92 Å². The topological polar surface area (TPSA) is 135 Å². The summed E-state index contributed by atoms with van der Waals surface area (Å²) >= 11 is 0. The van der Waals surface area contributed by atoms with Gasteiger partial charge in [0, 0.05) is 26.1 Å². The SMILES string of the molecule is C=C/C=C/CCOC(=O)[C@@H]1CN(C(=O)[C@H](Cc2cccc(O[Si](C)(C)C(C)(C)C)c2)NC(=O)[C@@H](NC(=O)OC(C)(C)C)C(C)C)CCN1. The zero-order valence-electron chi connectivity index (χ0n) is 30.6. The molecule has 0 radical (unpaired) electrons. The van der Waals surface area contributed by atoms with Crippen LogP contribution in [0.1, 0.15) is 67.4 Å². The molecule has 2 rings (SSSR count). The van der Waals surface area contributed by atoms with E-state index in [0.29, 0.717) is 25.3 Å². The number of amides is 3. The molecule has 1 saturated heterocycles. The van der Waals surface area contributed by atoms with Crippen LogP contribution in [0.15, 0.2) is 49.1 Å². The lowest BCUT2D eigenvalue weighted by Crippen LogP contribution is -2.61. The molecule has 3 amide bonds. The maximum absolute atomic E-state index is 14.2. The van der Waals surface area contributed by atoms with Gasteiger partial charge in [-0.2, -0.15) is 0 Å². The number of benzene rings is 1. The number of hydrogen-bond donors (Lipinski definition) is 3. The number of esters is 1. The van der Waals surface area contributed by atoms with Crippen molar-refractivity contribution < 1.29 is 33.1 Å². The number of carbonyl (C=O) groups excluding carboxylic acids is 4. The quantitative estimate of drug-likeness (QED) is 0.106. The number of allylic oxidation sites excluding steroid dienone is 2. The van der Waals surface area contributed by atoms with Gasteiger partial charge < -0.3 is 34.8 Å². The van der Waals surface area contributed by atoms with E-state index in [1.165, 1.54) is 0 Å².